The normalized spacial score (nSPS) is 18.2. The fraction of sp³-hybridized carbons (Fsp3) is 0.556. The Morgan fingerprint density at radius 1 is 1.46 bits per heavy atom. The molecule has 0 atom stereocenters. The van der Waals surface area contributed by atoms with Crippen LogP contribution in [0.5, 0.6) is 0 Å². The van der Waals surface area contributed by atoms with Crippen LogP contribution in [0.15, 0.2) is 23.3 Å². The molecule has 0 fully saturated rings. The van der Waals surface area contributed by atoms with Crippen LogP contribution in [0.4, 0.5) is 13.2 Å². The molecule has 0 spiro atoms. The molecular formula is C9H12F3N. The fourth-order valence-electron chi connectivity index (χ4n) is 1.32. The molecule has 0 saturated carbocycles. The average Bonchev–Trinajstić information content (AvgIpc) is 2.04. The summed E-state index contributed by atoms with van der Waals surface area (Å²) < 4.78 is 36.7. The SMILES string of the molecule is CNCC1=CCCC(C(F)(F)F)=C1. The third-order valence-electron chi connectivity index (χ3n) is 1.92. The van der Waals surface area contributed by atoms with Crippen molar-refractivity contribution < 1.29 is 13.2 Å². The van der Waals surface area contributed by atoms with E-state index in [1.807, 2.05) is 6.08 Å². The molecule has 13 heavy (non-hydrogen) atoms. The number of halogens is 3. The maximum absolute atomic E-state index is 12.2. The molecule has 0 aromatic heterocycles. The molecule has 0 radical (unpaired) electrons. The minimum atomic E-state index is -4.16. The molecule has 1 aliphatic rings. The molecule has 1 rings (SSSR count). The Morgan fingerprint density at radius 3 is 2.69 bits per heavy atom. The van der Waals surface area contributed by atoms with E-state index in [-0.39, 0.29) is 6.42 Å². The van der Waals surface area contributed by atoms with Crippen LogP contribution in [0.1, 0.15) is 12.8 Å². The first-order valence-corrected chi connectivity index (χ1v) is 4.15. The third kappa shape index (κ3) is 2.88. The van der Waals surface area contributed by atoms with Crippen LogP contribution in [0.25, 0.3) is 0 Å². The molecular weight excluding hydrogens is 179 g/mol. The van der Waals surface area contributed by atoms with Crippen LogP contribution >= 0.6 is 0 Å². The van der Waals surface area contributed by atoms with Crippen molar-refractivity contribution in [2.45, 2.75) is 19.0 Å². The van der Waals surface area contributed by atoms with Crippen molar-refractivity contribution in [3.8, 4) is 0 Å². The second-order valence-corrected chi connectivity index (χ2v) is 3.02. The van der Waals surface area contributed by atoms with Gasteiger partial charge < -0.3 is 5.32 Å². The van der Waals surface area contributed by atoms with Gasteiger partial charge >= 0.3 is 6.18 Å². The Morgan fingerprint density at radius 2 is 2.15 bits per heavy atom. The van der Waals surface area contributed by atoms with Crippen LogP contribution in [-0.4, -0.2) is 19.8 Å². The Balaban J connectivity index is 2.73. The van der Waals surface area contributed by atoms with Crippen LogP contribution in [-0.2, 0) is 0 Å². The Hall–Kier alpha value is -0.770. The van der Waals surface area contributed by atoms with E-state index in [0.717, 1.165) is 5.57 Å². The number of nitrogens with one attached hydrogen (secondary N) is 1. The first-order chi connectivity index (χ1) is 6.04. The van der Waals surface area contributed by atoms with Gasteiger partial charge in [-0.2, -0.15) is 13.2 Å². The maximum Gasteiger partial charge on any atom is 0.412 e. The summed E-state index contributed by atoms with van der Waals surface area (Å²) in [6.45, 7) is 0.500. The van der Waals surface area contributed by atoms with E-state index in [2.05, 4.69) is 5.32 Å². The molecule has 4 heteroatoms. The number of hydrogen-bond donors (Lipinski definition) is 1. The molecule has 1 nitrogen and oxygen atoms in total. The van der Waals surface area contributed by atoms with Gasteiger partial charge in [-0.25, -0.2) is 0 Å². The summed E-state index contributed by atoms with van der Waals surface area (Å²) in [4.78, 5) is 0. The summed E-state index contributed by atoms with van der Waals surface area (Å²) in [6.07, 6.45) is -0.488. The maximum atomic E-state index is 12.2. The van der Waals surface area contributed by atoms with E-state index in [1.165, 1.54) is 6.08 Å². The molecule has 0 amide bonds. The lowest BCUT2D eigenvalue weighted by atomic mass is 9.99. The van der Waals surface area contributed by atoms with Crippen molar-refractivity contribution in [1.29, 1.82) is 0 Å². The van der Waals surface area contributed by atoms with Crippen molar-refractivity contribution in [2.75, 3.05) is 13.6 Å². The lowest BCUT2D eigenvalue weighted by molar-refractivity contribution is -0.0941. The van der Waals surface area contributed by atoms with Gasteiger partial charge in [0.15, 0.2) is 0 Å². The first-order valence-electron chi connectivity index (χ1n) is 4.15. The smallest absolute Gasteiger partial charge is 0.316 e. The third-order valence-corrected chi connectivity index (χ3v) is 1.92. The summed E-state index contributed by atoms with van der Waals surface area (Å²) in [6, 6.07) is 0. The molecule has 0 aromatic carbocycles. The first kappa shape index (κ1) is 10.3. The standard InChI is InChI=1S/C9H12F3N/c1-13-6-7-3-2-4-8(5-7)9(10,11)12/h3,5,13H,2,4,6H2,1H3. The van der Waals surface area contributed by atoms with Crippen molar-refractivity contribution in [3.63, 3.8) is 0 Å². The summed E-state index contributed by atoms with van der Waals surface area (Å²) in [5.41, 5.74) is 0.307. The fourth-order valence-corrected chi connectivity index (χ4v) is 1.32. The minimum absolute atomic E-state index is 0.108. The van der Waals surface area contributed by atoms with Crippen molar-refractivity contribution in [1.82, 2.24) is 5.32 Å². The van der Waals surface area contributed by atoms with Crippen molar-refractivity contribution in [2.24, 2.45) is 0 Å². The topological polar surface area (TPSA) is 12.0 Å². The van der Waals surface area contributed by atoms with Gasteiger partial charge in [-0.3, -0.25) is 0 Å². The predicted octanol–water partition coefficient (Wildman–Crippen LogP) is 2.41. The molecule has 74 valence electrons. The van der Waals surface area contributed by atoms with Crippen LogP contribution in [0, 0.1) is 0 Å². The summed E-state index contributed by atoms with van der Waals surface area (Å²) >= 11 is 0. The molecule has 0 heterocycles. The van der Waals surface area contributed by atoms with E-state index in [1.54, 1.807) is 7.05 Å². The van der Waals surface area contributed by atoms with Gasteiger partial charge in [0.1, 0.15) is 0 Å². The number of alkyl halides is 3. The predicted molar refractivity (Wildman–Crippen MR) is 45.4 cm³/mol. The zero-order chi connectivity index (χ0) is 9.90. The van der Waals surface area contributed by atoms with E-state index < -0.39 is 11.7 Å². The lowest BCUT2D eigenvalue weighted by Gasteiger charge is -2.16. The van der Waals surface area contributed by atoms with Gasteiger partial charge in [0.05, 0.1) is 0 Å². The molecule has 0 aliphatic heterocycles. The van der Waals surface area contributed by atoms with E-state index in [9.17, 15) is 13.2 Å². The molecule has 1 N–H and O–H groups in total. The van der Waals surface area contributed by atoms with Crippen LogP contribution < -0.4 is 5.32 Å². The van der Waals surface area contributed by atoms with Crippen molar-refractivity contribution >= 4 is 0 Å². The Bertz CT molecular complexity index is 238. The highest BCUT2D eigenvalue weighted by atomic mass is 19.4. The van der Waals surface area contributed by atoms with Crippen molar-refractivity contribution in [3.05, 3.63) is 23.3 Å². The van der Waals surface area contributed by atoms with Crippen LogP contribution in [0.3, 0.4) is 0 Å². The molecule has 0 unspecified atom stereocenters. The Labute approximate surface area is 75.3 Å². The number of rotatable bonds is 2. The van der Waals surface area contributed by atoms with Crippen LogP contribution in [0.2, 0.25) is 0 Å². The molecule has 1 aliphatic carbocycles. The van der Waals surface area contributed by atoms with Gasteiger partial charge in [0.2, 0.25) is 0 Å². The van der Waals surface area contributed by atoms with E-state index >= 15 is 0 Å². The second-order valence-electron chi connectivity index (χ2n) is 3.02. The monoisotopic (exact) mass is 191 g/mol. The quantitative estimate of drug-likeness (QED) is 0.706. The zero-order valence-corrected chi connectivity index (χ0v) is 7.41. The molecule has 0 saturated heterocycles. The minimum Gasteiger partial charge on any atom is -0.316 e. The van der Waals surface area contributed by atoms with Gasteiger partial charge in [-0.15, -0.1) is 0 Å². The highest BCUT2D eigenvalue weighted by Gasteiger charge is 2.33. The number of allylic oxidation sites excluding steroid dienone is 2. The lowest BCUT2D eigenvalue weighted by Crippen LogP contribution is -2.17. The summed E-state index contributed by atoms with van der Waals surface area (Å²) in [7, 11) is 1.72. The molecule has 0 bridgehead atoms. The number of likely N-dealkylation sites (N-methyl/N-ethyl adjacent to an activating group) is 1. The van der Waals surface area contributed by atoms with Gasteiger partial charge in [0.25, 0.3) is 0 Å². The highest BCUT2D eigenvalue weighted by molar-refractivity contribution is 5.31. The highest BCUT2D eigenvalue weighted by Crippen LogP contribution is 2.32. The largest absolute Gasteiger partial charge is 0.412 e. The zero-order valence-electron chi connectivity index (χ0n) is 7.41. The average molecular weight is 191 g/mol. The molecule has 0 aromatic rings. The Kier molecular flexibility index (Phi) is 3.14. The summed E-state index contributed by atoms with van der Waals surface area (Å²) in [5, 5.41) is 2.83. The second kappa shape index (κ2) is 3.96. The van der Waals surface area contributed by atoms with E-state index in [0.29, 0.717) is 13.0 Å². The number of hydrogen-bond acceptors (Lipinski definition) is 1. The van der Waals surface area contributed by atoms with E-state index in [4.69, 9.17) is 0 Å². The summed E-state index contributed by atoms with van der Waals surface area (Å²) in [5.74, 6) is 0. The van der Waals surface area contributed by atoms with Gasteiger partial charge in [0, 0.05) is 12.1 Å². The van der Waals surface area contributed by atoms with Gasteiger partial charge in [-0.05, 0) is 31.5 Å². The van der Waals surface area contributed by atoms with Gasteiger partial charge in [-0.1, -0.05) is 6.08 Å².